The lowest BCUT2D eigenvalue weighted by Crippen LogP contribution is -2.30. The lowest BCUT2D eigenvalue weighted by molar-refractivity contribution is -0.115. The Hall–Kier alpha value is -3.69. The summed E-state index contributed by atoms with van der Waals surface area (Å²) in [6, 6.07) is 23.5. The highest BCUT2D eigenvalue weighted by atomic mass is 79.9. The van der Waals surface area contributed by atoms with E-state index in [0.29, 0.717) is 23.0 Å². The zero-order chi connectivity index (χ0) is 25.9. The lowest BCUT2D eigenvalue weighted by Gasteiger charge is -2.29. The predicted molar refractivity (Wildman–Crippen MR) is 153 cm³/mol. The minimum atomic E-state index is -0.207. The van der Waals surface area contributed by atoms with Crippen molar-refractivity contribution < 1.29 is 9.53 Å². The van der Waals surface area contributed by atoms with Crippen LogP contribution in [0.4, 0.5) is 11.4 Å². The van der Waals surface area contributed by atoms with E-state index in [4.69, 9.17) is 17.0 Å². The number of pyridine rings is 1. The average Bonchev–Trinajstić information content (AvgIpc) is 3.54. The predicted octanol–water partition coefficient (Wildman–Crippen LogP) is 6.17. The maximum Gasteiger partial charge on any atom is 0.224 e. The Labute approximate surface area is 229 Å². The number of rotatable bonds is 7. The van der Waals surface area contributed by atoms with Crippen LogP contribution in [0.25, 0.3) is 5.69 Å². The van der Waals surface area contributed by atoms with Crippen LogP contribution in [0.5, 0.6) is 5.75 Å². The second-order valence-electron chi connectivity index (χ2n) is 8.56. The van der Waals surface area contributed by atoms with Crippen molar-refractivity contribution in [2.45, 2.75) is 25.4 Å². The Kier molecular flexibility index (Phi) is 7.25. The monoisotopic (exact) mass is 575 g/mol. The number of aromatic nitrogens is 2. The molecule has 2 atom stereocenters. The van der Waals surface area contributed by atoms with Gasteiger partial charge < -0.3 is 24.8 Å². The Morgan fingerprint density at radius 3 is 2.59 bits per heavy atom. The number of carbonyl (C=O) groups is 1. The highest BCUT2D eigenvalue weighted by molar-refractivity contribution is 9.10. The molecule has 0 radical (unpaired) electrons. The molecule has 1 aliphatic rings. The van der Waals surface area contributed by atoms with Crippen molar-refractivity contribution in [3.8, 4) is 11.4 Å². The Bertz CT molecular complexity index is 1420. The Morgan fingerprint density at radius 1 is 1.11 bits per heavy atom. The van der Waals surface area contributed by atoms with Gasteiger partial charge in [-0.3, -0.25) is 9.78 Å². The number of benzene rings is 2. The number of anilines is 2. The first-order chi connectivity index (χ1) is 18.0. The molecule has 1 fully saturated rings. The van der Waals surface area contributed by atoms with Crippen LogP contribution < -0.4 is 20.3 Å². The number of hydrogen-bond acceptors (Lipinski definition) is 4. The number of thiocarbonyl (C=S) groups is 1. The van der Waals surface area contributed by atoms with Crippen LogP contribution in [0.1, 0.15) is 36.8 Å². The van der Waals surface area contributed by atoms with Gasteiger partial charge in [-0.15, -0.1) is 0 Å². The van der Waals surface area contributed by atoms with Gasteiger partial charge in [0.15, 0.2) is 5.11 Å². The SMILES string of the molecule is CCC(=O)Nc1ccc(N2C(=S)N[C@@H](c3ccccn3)[C@H]2c2cccn2-c2ccc(Br)cc2)cc1OC. The second-order valence-corrected chi connectivity index (χ2v) is 9.86. The average molecular weight is 577 g/mol. The van der Waals surface area contributed by atoms with Gasteiger partial charge in [0.2, 0.25) is 5.91 Å². The van der Waals surface area contributed by atoms with E-state index in [1.54, 1.807) is 13.3 Å². The third-order valence-corrected chi connectivity index (χ3v) is 7.19. The summed E-state index contributed by atoms with van der Waals surface area (Å²) < 4.78 is 8.83. The summed E-state index contributed by atoms with van der Waals surface area (Å²) in [5, 5.41) is 6.98. The van der Waals surface area contributed by atoms with Gasteiger partial charge in [0.05, 0.1) is 24.5 Å². The molecular weight excluding hydrogens is 550 g/mol. The first-order valence-electron chi connectivity index (χ1n) is 11.9. The molecular formula is C28H26BrN5O2S. The second kappa shape index (κ2) is 10.7. The molecule has 1 aliphatic heterocycles. The van der Waals surface area contributed by atoms with Gasteiger partial charge in [0, 0.05) is 46.4 Å². The van der Waals surface area contributed by atoms with Crippen LogP contribution in [0, 0.1) is 0 Å². The molecule has 3 heterocycles. The molecule has 0 unspecified atom stereocenters. The normalized spacial score (nSPS) is 16.9. The summed E-state index contributed by atoms with van der Waals surface area (Å²) in [6.45, 7) is 1.81. The van der Waals surface area contributed by atoms with Crippen LogP contribution in [0.3, 0.4) is 0 Å². The van der Waals surface area contributed by atoms with E-state index < -0.39 is 0 Å². The first kappa shape index (κ1) is 25.0. The summed E-state index contributed by atoms with van der Waals surface area (Å²) in [7, 11) is 1.59. The highest BCUT2D eigenvalue weighted by Gasteiger charge is 2.42. The van der Waals surface area contributed by atoms with Crippen LogP contribution in [-0.2, 0) is 4.79 Å². The molecule has 0 bridgehead atoms. The first-order valence-corrected chi connectivity index (χ1v) is 13.1. The minimum Gasteiger partial charge on any atom is -0.494 e. The highest BCUT2D eigenvalue weighted by Crippen LogP contribution is 2.44. The summed E-state index contributed by atoms with van der Waals surface area (Å²) >= 11 is 9.42. The number of halogens is 1. The van der Waals surface area contributed by atoms with E-state index in [2.05, 4.69) is 65.4 Å². The largest absolute Gasteiger partial charge is 0.494 e. The fourth-order valence-electron chi connectivity index (χ4n) is 4.58. The number of hydrogen-bond donors (Lipinski definition) is 2. The molecule has 7 nitrogen and oxygen atoms in total. The maximum absolute atomic E-state index is 12.0. The third-order valence-electron chi connectivity index (χ3n) is 6.34. The molecule has 1 amide bonds. The van der Waals surface area contributed by atoms with E-state index >= 15 is 0 Å². The van der Waals surface area contributed by atoms with E-state index in [0.717, 1.165) is 27.2 Å². The van der Waals surface area contributed by atoms with Gasteiger partial charge in [-0.2, -0.15) is 0 Å². The number of nitrogens with one attached hydrogen (secondary N) is 2. The number of carbonyl (C=O) groups excluding carboxylic acids is 1. The van der Waals surface area contributed by atoms with E-state index in [1.165, 1.54) is 0 Å². The molecule has 2 aromatic carbocycles. The number of methoxy groups -OCH3 is 1. The molecule has 5 rings (SSSR count). The summed E-state index contributed by atoms with van der Waals surface area (Å²) in [4.78, 5) is 18.8. The zero-order valence-electron chi connectivity index (χ0n) is 20.4. The van der Waals surface area contributed by atoms with Gasteiger partial charge in [0.25, 0.3) is 0 Å². The summed E-state index contributed by atoms with van der Waals surface area (Å²) in [6.07, 6.45) is 4.23. The van der Waals surface area contributed by atoms with Crippen molar-refractivity contribution in [2.75, 3.05) is 17.3 Å². The maximum atomic E-state index is 12.0. The van der Waals surface area contributed by atoms with Gasteiger partial charge in [0.1, 0.15) is 11.8 Å². The molecule has 9 heteroatoms. The standard InChI is InChI=1S/C28H26BrN5O2S/c1-3-25(35)31-21-14-13-20(17-24(21)36-2)34-27(26(32-28(34)37)22-7-4-5-15-30-22)23-8-6-16-33(23)19-11-9-18(29)10-12-19/h4-17,26-27H,3H2,1-2H3,(H,31,35)(H,32,37)/t26-,27+/m0/s1. The number of ether oxygens (including phenoxy) is 1. The molecule has 4 aromatic rings. The van der Waals surface area contributed by atoms with Gasteiger partial charge >= 0.3 is 0 Å². The molecule has 1 saturated heterocycles. The van der Waals surface area contributed by atoms with Crippen molar-refractivity contribution >= 4 is 50.5 Å². The van der Waals surface area contributed by atoms with Crippen molar-refractivity contribution in [3.05, 3.63) is 101 Å². The third kappa shape index (κ3) is 4.97. The van der Waals surface area contributed by atoms with Crippen molar-refractivity contribution in [2.24, 2.45) is 0 Å². The van der Waals surface area contributed by atoms with E-state index in [1.807, 2.05) is 61.5 Å². The smallest absolute Gasteiger partial charge is 0.224 e. The molecule has 0 spiro atoms. The van der Waals surface area contributed by atoms with Gasteiger partial charge in [-0.1, -0.05) is 28.9 Å². The van der Waals surface area contributed by atoms with Crippen molar-refractivity contribution in [3.63, 3.8) is 0 Å². The molecule has 37 heavy (non-hydrogen) atoms. The van der Waals surface area contributed by atoms with E-state index in [9.17, 15) is 4.79 Å². The fraction of sp³-hybridized carbons (Fsp3) is 0.179. The quantitative estimate of drug-likeness (QED) is 0.257. The fourth-order valence-corrected chi connectivity index (χ4v) is 5.19. The van der Waals surface area contributed by atoms with Crippen LogP contribution >= 0.6 is 28.1 Å². The Morgan fingerprint density at radius 2 is 1.89 bits per heavy atom. The van der Waals surface area contributed by atoms with E-state index in [-0.39, 0.29) is 18.0 Å². The summed E-state index contributed by atoms with van der Waals surface area (Å²) in [5.74, 6) is 0.482. The molecule has 2 N–H and O–H groups in total. The molecule has 188 valence electrons. The Balaban J connectivity index is 1.62. The van der Waals surface area contributed by atoms with Crippen LogP contribution in [-0.4, -0.2) is 27.7 Å². The zero-order valence-corrected chi connectivity index (χ0v) is 22.8. The summed E-state index contributed by atoms with van der Waals surface area (Å²) in [5.41, 5.74) is 4.44. The van der Waals surface area contributed by atoms with Gasteiger partial charge in [-0.05, 0) is 72.9 Å². The molecule has 0 saturated carbocycles. The topological polar surface area (TPSA) is 71.4 Å². The lowest BCUT2D eigenvalue weighted by atomic mass is 10.0. The van der Waals surface area contributed by atoms with Crippen molar-refractivity contribution in [1.29, 1.82) is 0 Å². The number of amides is 1. The molecule has 2 aromatic heterocycles. The minimum absolute atomic E-state index is 0.0789. The van der Waals surface area contributed by atoms with Crippen LogP contribution in [0.2, 0.25) is 0 Å². The van der Waals surface area contributed by atoms with Gasteiger partial charge in [-0.25, -0.2) is 0 Å². The van der Waals surface area contributed by atoms with Crippen molar-refractivity contribution in [1.82, 2.24) is 14.9 Å². The number of nitrogens with zero attached hydrogens (tertiary/aromatic N) is 3. The van der Waals surface area contributed by atoms with Crippen LogP contribution in [0.15, 0.2) is 89.7 Å². The molecule has 0 aliphatic carbocycles.